The first kappa shape index (κ1) is 7.98. The summed E-state index contributed by atoms with van der Waals surface area (Å²) in [6, 6.07) is 2.09. The van der Waals surface area contributed by atoms with E-state index in [4.69, 9.17) is 11.8 Å². The molecule has 0 amide bonds. The van der Waals surface area contributed by atoms with Crippen LogP contribution in [0.4, 0.5) is 0 Å². The van der Waals surface area contributed by atoms with Gasteiger partial charge in [0, 0.05) is 0 Å². The highest BCUT2D eigenvalue weighted by Crippen LogP contribution is 2.04. The second-order valence-corrected chi connectivity index (χ2v) is 1.96. The van der Waals surface area contributed by atoms with Gasteiger partial charge >= 0.3 is 0 Å². The molecule has 0 fully saturated rings. The quantitative estimate of drug-likeness (QED) is 0.525. The number of rotatable bonds is 3. The lowest BCUT2D eigenvalue weighted by Crippen LogP contribution is -1.98. The molecule has 2 nitrogen and oxygen atoms in total. The molecule has 9 heavy (non-hydrogen) atoms. The predicted octanol–water partition coefficient (Wildman–Crippen LogP) is 1.85. The van der Waals surface area contributed by atoms with Gasteiger partial charge in [0.25, 0.3) is 0 Å². The van der Waals surface area contributed by atoms with Gasteiger partial charge in [-0.05, 0) is 6.42 Å². The molecule has 0 aromatic rings. The van der Waals surface area contributed by atoms with Crippen molar-refractivity contribution in [3.63, 3.8) is 0 Å². The normalized spacial score (nSPS) is 11.4. The zero-order valence-corrected chi connectivity index (χ0v) is 5.59. The van der Waals surface area contributed by atoms with Crippen LogP contribution in [0.2, 0.25) is 0 Å². The fourth-order valence-electron chi connectivity index (χ4n) is 0.655. The second kappa shape index (κ2) is 5.12. The molecule has 0 saturated carbocycles. The summed E-state index contributed by atoms with van der Waals surface area (Å²) in [5.41, 5.74) is 0. The van der Waals surface area contributed by atoms with Gasteiger partial charge in [-0.2, -0.15) is 5.26 Å². The van der Waals surface area contributed by atoms with Crippen molar-refractivity contribution in [2.24, 2.45) is 5.92 Å². The summed E-state index contributed by atoms with van der Waals surface area (Å²) in [6.07, 6.45) is 1.85. The maximum Gasteiger partial charge on any atom is 0.230 e. The maximum absolute atomic E-state index is 8.39. The van der Waals surface area contributed by atoms with Crippen LogP contribution in [0, 0.1) is 23.8 Å². The molecule has 2 heteroatoms. The Hall–Kier alpha value is -1.02. The fraction of sp³-hybridized carbons (Fsp3) is 0.714. The van der Waals surface area contributed by atoms with E-state index in [-0.39, 0.29) is 5.92 Å². The summed E-state index contributed by atoms with van der Waals surface area (Å²) in [4.78, 5) is 3.15. The van der Waals surface area contributed by atoms with E-state index < -0.39 is 0 Å². The second-order valence-electron chi connectivity index (χ2n) is 1.96. The zero-order chi connectivity index (χ0) is 7.11. The van der Waals surface area contributed by atoms with Crippen LogP contribution in [0.25, 0.3) is 4.85 Å². The molecule has 1 atom stereocenters. The molecule has 0 aliphatic heterocycles. The molecule has 0 aromatic carbocycles. The molecule has 48 valence electrons. The minimum atomic E-state index is -0.0347. The largest absolute Gasteiger partial charge is 0.315 e. The zero-order valence-electron chi connectivity index (χ0n) is 5.59. The van der Waals surface area contributed by atoms with E-state index >= 15 is 0 Å². The summed E-state index contributed by atoms with van der Waals surface area (Å²) in [7, 11) is 0. The van der Waals surface area contributed by atoms with Crippen LogP contribution in [0.1, 0.15) is 19.8 Å². The highest BCUT2D eigenvalue weighted by Gasteiger charge is 2.06. The summed E-state index contributed by atoms with van der Waals surface area (Å²) < 4.78 is 0. The summed E-state index contributed by atoms with van der Waals surface area (Å²) >= 11 is 0. The van der Waals surface area contributed by atoms with Crippen molar-refractivity contribution in [1.29, 1.82) is 5.26 Å². The van der Waals surface area contributed by atoms with Crippen LogP contribution in [0.15, 0.2) is 0 Å². The maximum atomic E-state index is 8.39. The molecule has 0 saturated heterocycles. The fourth-order valence-corrected chi connectivity index (χ4v) is 0.655. The molecule has 0 rings (SSSR count). The third-order valence-corrected chi connectivity index (χ3v) is 1.13. The lowest BCUT2D eigenvalue weighted by atomic mass is 10.1. The van der Waals surface area contributed by atoms with E-state index in [9.17, 15) is 0 Å². The van der Waals surface area contributed by atoms with Gasteiger partial charge in [0.15, 0.2) is 0 Å². The van der Waals surface area contributed by atoms with E-state index in [0.29, 0.717) is 6.54 Å². The first-order valence-corrected chi connectivity index (χ1v) is 3.08. The molecule has 0 spiro atoms. The number of nitriles is 1. The summed E-state index contributed by atoms with van der Waals surface area (Å²) in [5.74, 6) is -0.0347. The van der Waals surface area contributed by atoms with E-state index in [1.165, 1.54) is 0 Å². The highest BCUT2D eigenvalue weighted by molar-refractivity contribution is 4.87. The van der Waals surface area contributed by atoms with Gasteiger partial charge < -0.3 is 4.85 Å². The van der Waals surface area contributed by atoms with Crippen molar-refractivity contribution in [3.8, 4) is 6.07 Å². The summed E-state index contributed by atoms with van der Waals surface area (Å²) in [6.45, 7) is 8.88. The van der Waals surface area contributed by atoms with Crippen LogP contribution in [-0.4, -0.2) is 6.54 Å². The number of hydrogen-bond acceptors (Lipinski definition) is 1. The van der Waals surface area contributed by atoms with Gasteiger partial charge in [0.1, 0.15) is 5.92 Å². The minimum absolute atomic E-state index is 0.0347. The monoisotopic (exact) mass is 122 g/mol. The van der Waals surface area contributed by atoms with E-state index in [1.807, 2.05) is 6.92 Å². The lowest BCUT2D eigenvalue weighted by molar-refractivity contribution is 0.631. The van der Waals surface area contributed by atoms with Crippen LogP contribution in [-0.2, 0) is 0 Å². The first-order chi connectivity index (χ1) is 4.35. The molecule has 0 radical (unpaired) electrons. The van der Waals surface area contributed by atoms with Crippen LogP contribution < -0.4 is 0 Å². The van der Waals surface area contributed by atoms with Crippen molar-refractivity contribution in [1.82, 2.24) is 0 Å². The highest BCUT2D eigenvalue weighted by atomic mass is 14.6. The van der Waals surface area contributed by atoms with E-state index in [1.54, 1.807) is 0 Å². The molecular formula is C7H10N2. The molecule has 0 N–H and O–H groups in total. The van der Waals surface area contributed by atoms with Gasteiger partial charge in [-0.3, -0.25) is 0 Å². The summed E-state index contributed by atoms with van der Waals surface area (Å²) in [5, 5.41) is 8.39. The van der Waals surface area contributed by atoms with Crippen LogP contribution >= 0.6 is 0 Å². The Morgan fingerprint density at radius 1 is 1.78 bits per heavy atom. The topological polar surface area (TPSA) is 28.1 Å². The third kappa shape index (κ3) is 3.55. The van der Waals surface area contributed by atoms with Crippen molar-refractivity contribution in [2.75, 3.05) is 6.54 Å². The molecule has 0 heterocycles. The Balaban J connectivity index is 3.48. The van der Waals surface area contributed by atoms with Crippen LogP contribution in [0.5, 0.6) is 0 Å². The van der Waals surface area contributed by atoms with Crippen molar-refractivity contribution in [3.05, 3.63) is 11.4 Å². The Labute approximate surface area is 55.9 Å². The van der Waals surface area contributed by atoms with Gasteiger partial charge in [-0.25, -0.2) is 6.57 Å². The SMILES string of the molecule is [C-]#[N+]CC(C#N)CCC. The van der Waals surface area contributed by atoms with Crippen molar-refractivity contribution >= 4 is 0 Å². The molecule has 0 aliphatic rings. The third-order valence-electron chi connectivity index (χ3n) is 1.13. The Morgan fingerprint density at radius 2 is 2.44 bits per heavy atom. The predicted molar refractivity (Wildman–Crippen MR) is 35.5 cm³/mol. The van der Waals surface area contributed by atoms with Gasteiger partial charge in [-0.15, -0.1) is 0 Å². The average Bonchev–Trinajstić information content (AvgIpc) is 1.88. The average molecular weight is 122 g/mol. The number of hydrogen-bond donors (Lipinski definition) is 0. The molecule has 0 bridgehead atoms. The Kier molecular flexibility index (Phi) is 4.54. The smallest absolute Gasteiger partial charge is 0.230 e. The first-order valence-electron chi connectivity index (χ1n) is 3.08. The van der Waals surface area contributed by atoms with Crippen molar-refractivity contribution in [2.45, 2.75) is 19.8 Å². The van der Waals surface area contributed by atoms with Gasteiger partial charge in [0.05, 0.1) is 6.07 Å². The van der Waals surface area contributed by atoms with Crippen LogP contribution in [0.3, 0.4) is 0 Å². The van der Waals surface area contributed by atoms with E-state index in [0.717, 1.165) is 12.8 Å². The number of nitrogens with zero attached hydrogens (tertiary/aromatic N) is 2. The standard InChI is InChI=1S/C7H10N2/c1-3-4-7(5-8)6-9-2/h7H,3-4,6H2,1H3. The molecular weight excluding hydrogens is 112 g/mol. The molecule has 1 unspecified atom stereocenters. The minimum Gasteiger partial charge on any atom is -0.315 e. The molecule has 0 aromatic heterocycles. The van der Waals surface area contributed by atoms with Crippen molar-refractivity contribution < 1.29 is 0 Å². The lowest BCUT2D eigenvalue weighted by Gasteiger charge is -1.95. The van der Waals surface area contributed by atoms with E-state index in [2.05, 4.69) is 10.9 Å². The molecule has 0 aliphatic carbocycles. The van der Waals surface area contributed by atoms with Gasteiger partial charge in [-0.1, -0.05) is 13.3 Å². The Bertz CT molecular complexity index is 138. The van der Waals surface area contributed by atoms with Gasteiger partial charge in [0.2, 0.25) is 6.54 Å². The Morgan fingerprint density at radius 3 is 2.78 bits per heavy atom.